The van der Waals surface area contributed by atoms with Crippen molar-refractivity contribution >= 4 is 6.03 Å². The molecule has 1 atom stereocenters. The number of nitrogens with one attached hydrogen (secondary N) is 1. The Morgan fingerprint density at radius 1 is 1.39 bits per heavy atom. The van der Waals surface area contributed by atoms with E-state index in [1.165, 1.54) is 6.39 Å². The molecule has 1 unspecified atom stereocenters. The van der Waals surface area contributed by atoms with Crippen LogP contribution in [-0.4, -0.2) is 33.7 Å². The van der Waals surface area contributed by atoms with Crippen LogP contribution < -0.4 is 5.32 Å². The van der Waals surface area contributed by atoms with E-state index in [9.17, 15) is 9.90 Å². The van der Waals surface area contributed by atoms with Crippen LogP contribution in [0.25, 0.3) is 0 Å². The summed E-state index contributed by atoms with van der Waals surface area (Å²) in [6.07, 6.45) is 1.42. The number of carbonyl (C=O) groups excluding carboxylic acids is 1. The van der Waals surface area contributed by atoms with Gasteiger partial charge in [0.15, 0.2) is 6.39 Å². The second kappa shape index (κ2) is 8.33. The molecule has 2 aromatic rings. The molecule has 0 aliphatic carbocycles. The molecule has 0 aliphatic rings. The second-order valence-electron chi connectivity index (χ2n) is 5.44. The molecule has 6 heteroatoms. The number of benzene rings is 1. The maximum Gasteiger partial charge on any atom is 0.318 e. The SMILES string of the molecule is CCC(O)CN(Cc1ccccc1)C(=O)NCc1ncoc1C. The monoisotopic (exact) mass is 317 g/mol. The van der Waals surface area contributed by atoms with Gasteiger partial charge in [0.05, 0.1) is 12.6 Å². The molecule has 0 saturated heterocycles. The zero-order valence-electron chi connectivity index (χ0n) is 13.5. The summed E-state index contributed by atoms with van der Waals surface area (Å²) in [6.45, 7) is 4.73. The van der Waals surface area contributed by atoms with Crippen LogP contribution in [0.5, 0.6) is 0 Å². The molecule has 6 nitrogen and oxygen atoms in total. The summed E-state index contributed by atoms with van der Waals surface area (Å²) in [5, 5.41) is 12.7. The molecule has 23 heavy (non-hydrogen) atoms. The molecule has 2 rings (SSSR count). The van der Waals surface area contributed by atoms with Crippen LogP contribution in [0, 0.1) is 6.92 Å². The van der Waals surface area contributed by atoms with Crippen molar-refractivity contribution in [1.29, 1.82) is 0 Å². The van der Waals surface area contributed by atoms with E-state index in [1.54, 1.807) is 11.8 Å². The fraction of sp³-hybridized carbons (Fsp3) is 0.412. The van der Waals surface area contributed by atoms with E-state index < -0.39 is 6.10 Å². The zero-order chi connectivity index (χ0) is 16.7. The second-order valence-corrected chi connectivity index (χ2v) is 5.44. The number of hydrogen-bond donors (Lipinski definition) is 2. The number of urea groups is 1. The van der Waals surface area contributed by atoms with Crippen LogP contribution in [0.1, 0.15) is 30.4 Å². The molecule has 0 saturated carbocycles. The number of hydrogen-bond acceptors (Lipinski definition) is 4. The summed E-state index contributed by atoms with van der Waals surface area (Å²) >= 11 is 0. The van der Waals surface area contributed by atoms with Crippen LogP contribution >= 0.6 is 0 Å². The number of rotatable bonds is 7. The lowest BCUT2D eigenvalue weighted by Gasteiger charge is -2.25. The van der Waals surface area contributed by atoms with Crippen LogP contribution in [0.3, 0.4) is 0 Å². The smallest absolute Gasteiger partial charge is 0.318 e. The fourth-order valence-corrected chi connectivity index (χ4v) is 2.18. The van der Waals surface area contributed by atoms with Gasteiger partial charge in [-0.25, -0.2) is 9.78 Å². The third kappa shape index (κ3) is 5.10. The maximum atomic E-state index is 12.5. The molecule has 124 valence electrons. The summed E-state index contributed by atoms with van der Waals surface area (Å²) in [6, 6.07) is 9.48. The zero-order valence-corrected chi connectivity index (χ0v) is 13.5. The average Bonchev–Trinajstić information content (AvgIpc) is 2.98. The van der Waals surface area contributed by atoms with Gasteiger partial charge in [0.2, 0.25) is 0 Å². The van der Waals surface area contributed by atoms with E-state index in [0.29, 0.717) is 31.0 Å². The first-order valence-corrected chi connectivity index (χ1v) is 7.73. The van der Waals surface area contributed by atoms with Gasteiger partial charge < -0.3 is 19.7 Å². The van der Waals surface area contributed by atoms with E-state index in [1.807, 2.05) is 37.3 Å². The van der Waals surface area contributed by atoms with Crippen LogP contribution in [0.15, 0.2) is 41.1 Å². The topological polar surface area (TPSA) is 78.6 Å². The van der Waals surface area contributed by atoms with Crippen molar-refractivity contribution in [3.8, 4) is 0 Å². The van der Waals surface area contributed by atoms with E-state index in [0.717, 1.165) is 5.56 Å². The lowest BCUT2D eigenvalue weighted by atomic mass is 10.2. The molecule has 1 heterocycles. The van der Waals surface area contributed by atoms with Gasteiger partial charge in [-0.3, -0.25) is 0 Å². The van der Waals surface area contributed by atoms with Crippen molar-refractivity contribution in [3.05, 3.63) is 53.7 Å². The highest BCUT2D eigenvalue weighted by Gasteiger charge is 2.17. The summed E-state index contributed by atoms with van der Waals surface area (Å²) in [4.78, 5) is 18.1. The number of aromatic nitrogens is 1. The van der Waals surface area contributed by atoms with E-state index in [-0.39, 0.29) is 12.6 Å². The van der Waals surface area contributed by atoms with Crippen LogP contribution in [0.2, 0.25) is 0 Å². The lowest BCUT2D eigenvalue weighted by Crippen LogP contribution is -2.43. The summed E-state index contributed by atoms with van der Waals surface area (Å²) in [7, 11) is 0. The van der Waals surface area contributed by atoms with Gasteiger partial charge in [0.25, 0.3) is 0 Å². The van der Waals surface area contributed by atoms with Crippen molar-refractivity contribution < 1.29 is 14.3 Å². The van der Waals surface area contributed by atoms with Gasteiger partial charge in [0.1, 0.15) is 11.5 Å². The van der Waals surface area contributed by atoms with Gasteiger partial charge in [-0.2, -0.15) is 0 Å². The van der Waals surface area contributed by atoms with Gasteiger partial charge in [-0.05, 0) is 18.9 Å². The average molecular weight is 317 g/mol. The minimum Gasteiger partial charge on any atom is -0.448 e. The van der Waals surface area contributed by atoms with Gasteiger partial charge in [-0.15, -0.1) is 0 Å². The molecule has 2 amide bonds. The number of aliphatic hydroxyl groups excluding tert-OH is 1. The Hall–Kier alpha value is -2.34. The Morgan fingerprint density at radius 2 is 2.13 bits per heavy atom. The van der Waals surface area contributed by atoms with E-state index >= 15 is 0 Å². The largest absolute Gasteiger partial charge is 0.448 e. The molecule has 0 bridgehead atoms. The quantitative estimate of drug-likeness (QED) is 0.822. The molecule has 0 radical (unpaired) electrons. The first-order valence-electron chi connectivity index (χ1n) is 7.73. The summed E-state index contributed by atoms with van der Waals surface area (Å²) in [5.74, 6) is 0.688. The molecular formula is C17H23N3O3. The number of nitrogens with zero attached hydrogens (tertiary/aromatic N) is 2. The maximum absolute atomic E-state index is 12.5. The van der Waals surface area contributed by atoms with Crippen molar-refractivity contribution in [2.75, 3.05) is 6.54 Å². The van der Waals surface area contributed by atoms with E-state index in [4.69, 9.17) is 4.42 Å². The number of aliphatic hydroxyl groups is 1. The lowest BCUT2D eigenvalue weighted by molar-refractivity contribution is 0.114. The highest BCUT2D eigenvalue weighted by molar-refractivity contribution is 5.74. The predicted octanol–water partition coefficient (Wildman–Crippen LogP) is 2.47. The molecule has 2 N–H and O–H groups in total. The summed E-state index contributed by atoms with van der Waals surface area (Å²) in [5.41, 5.74) is 1.72. The van der Waals surface area contributed by atoms with Crippen LogP contribution in [0.4, 0.5) is 4.79 Å². The third-order valence-electron chi connectivity index (χ3n) is 3.66. The van der Waals surface area contributed by atoms with Crippen LogP contribution in [-0.2, 0) is 13.1 Å². The highest BCUT2D eigenvalue weighted by Crippen LogP contribution is 2.08. The molecule has 0 fully saturated rings. The van der Waals surface area contributed by atoms with Crippen molar-refractivity contribution in [2.24, 2.45) is 0 Å². The minimum atomic E-state index is -0.543. The third-order valence-corrected chi connectivity index (χ3v) is 3.66. The number of amides is 2. The van der Waals surface area contributed by atoms with Gasteiger partial charge in [0, 0.05) is 13.1 Å². The normalized spacial score (nSPS) is 12.0. The molecule has 1 aromatic carbocycles. The number of carbonyl (C=O) groups is 1. The Kier molecular flexibility index (Phi) is 6.17. The molecule has 0 aliphatic heterocycles. The first kappa shape index (κ1) is 17.0. The Bertz CT molecular complexity index is 613. The standard InChI is InChI=1S/C17H23N3O3/c1-3-15(21)11-20(10-14-7-5-4-6-8-14)17(22)18-9-16-13(2)23-12-19-16/h4-8,12,15,21H,3,9-11H2,1-2H3,(H,18,22). The Labute approximate surface area is 136 Å². The minimum absolute atomic E-state index is 0.233. The highest BCUT2D eigenvalue weighted by atomic mass is 16.3. The van der Waals surface area contributed by atoms with Crippen molar-refractivity contribution in [1.82, 2.24) is 15.2 Å². The van der Waals surface area contributed by atoms with Gasteiger partial charge in [-0.1, -0.05) is 37.3 Å². The Morgan fingerprint density at radius 3 is 2.74 bits per heavy atom. The Balaban J connectivity index is 2.00. The summed E-state index contributed by atoms with van der Waals surface area (Å²) < 4.78 is 5.12. The molecular weight excluding hydrogens is 294 g/mol. The number of oxazole rings is 1. The number of aryl methyl sites for hydroxylation is 1. The van der Waals surface area contributed by atoms with Crippen molar-refractivity contribution in [3.63, 3.8) is 0 Å². The predicted molar refractivity (Wildman–Crippen MR) is 86.6 cm³/mol. The molecule has 1 aromatic heterocycles. The van der Waals surface area contributed by atoms with E-state index in [2.05, 4.69) is 10.3 Å². The van der Waals surface area contributed by atoms with Gasteiger partial charge >= 0.3 is 6.03 Å². The fourth-order valence-electron chi connectivity index (χ4n) is 2.18. The van der Waals surface area contributed by atoms with Crippen molar-refractivity contribution in [2.45, 2.75) is 39.5 Å². The first-order chi connectivity index (χ1) is 11.1. The molecule has 0 spiro atoms.